The third-order valence-corrected chi connectivity index (χ3v) is 2.84. The number of fused-ring (bicyclic) bond motifs is 2. The van der Waals surface area contributed by atoms with Crippen LogP contribution in [0, 0.1) is 11.8 Å². The topological polar surface area (TPSA) is 26.3 Å². The zero-order valence-corrected chi connectivity index (χ0v) is 6.92. The Balaban J connectivity index is 2.23. The zero-order valence-electron chi connectivity index (χ0n) is 6.92. The predicted octanol–water partition coefficient (Wildman–Crippen LogP) is 1.46. The maximum Gasteiger partial charge on any atom is 0.344 e. The second kappa shape index (κ2) is 2.31. The molecule has 0 heterocycles. The summed E-state index contributed by atoms with van der Waals surface area (Å²) in [7, 11) is 1.24. The summed E-state index contributed by atoms with van der Waals surface area (Å²) in [5.41, 5.74) is -1.73. The van der Waals surface area contributed by atoms with Crippen molar-refractivity contribution < 1.29 is 13.9 Å². The Kier molecular flexibility index (Phi) is 1.50. The zero-order chi connectivity index (χ0) is 8.77. The van der Waals surface area contributed by atoms with Gasteiger partial charge in [-0.3, -0.25) is 0 Å². The highest BCUT2D eigenvalue weighted by atomic mass is 19.1. The predicted molar refractivity (Wildman–Crippen MR) is 41.2 cm³/mol. The fraction of sp³-hybridized carbons (Fsp3) is 0.667. The van der Waals surface area contributed by atoms with Gasteiger partial charge >= 0.3 is 5.97 Å². The first-order chi connectivity index (χ1) is 5.66. The van der Waals surface area contributed by atoms with E-state index in [0.717, 1.165) is 6.42 Å². The van der Waals surface area contributed by atoms with Crippen LogP contribution in [0.25, 0.3) is 0 Å². The van der Waals surface area contributed by atoms with E-state index >= 15 is 0 Å². The number of carbonyl (C=O) groups excluding carboxylic acids is 1. The molecule has 1 fully saturated rings. The molecule has 0 aromatic carbocycles. The molecule has 3 heteroatoms. The molecule has 0 aromatic rings. The van der Waals surface area contributed by atoms with Crippen LogP contribution in [0.4, 0.5) is 4.39 Å². The molecule has 0 aromatic heterocycles. The molecule has 3 atom stereocenters. The molecule has 2 aliphatic carbocycles. The van der Waals surface area contributed by atoms with Gasteiger partial charge in [0.15, 0.2) is 0 Å². The number of hydrogen-bond donors (Lipinski definition) is 0. The first kappa shape index (κ1) is 7.77. The summed E-state index contributed by atoms with van der Waals surface area (Å²) >= 11 is 0. The van der Waals surface area contributed by atoms with Gasteiger partial charge in [0.2, 0.25) is 5.67 Å². The van der Waals surface area contributed by atoms with Crippen molar-refractivity contribution in [2.75, 3.05) is 7.11 Å². The van der Waals surface area contributed by atoms with E-state index in [2.05, 4.69) is 4.74 Å². The molecule has 2 nitrogen and oxygen atoms in total. The third kappa shape index (κ3) is 0.822. The van der Waals surface area contributed by atoms with Gasteiger partial charge in [-0.05, 0) is 18.8 Å². The van der Waals surface area contributed by atoms with Crippen LogP contribution in [0.3, 0.4) is 0 Å². The number of rotatable bonds is 1. The molecule has 0 radical (unpaired) electrons. The van der Waals surface area contributed by atoms with Crippen LogP contribution in [-0.4, -0.2) is 18.7 Å². The van der Waals surface area contributed by atoms with Crippen LogP contribution in [0.5, 0.6) is 0 Å². The standard InChI is InChI=1S/C9H11FO2/c1-12-8(11)9(10)5-6-2-3-7(9)4-6/h2-3,6-7H,4-5H2,1H3. The molecule has 66 valence electrons. The van der Waals surface area contributed by atoms with E-state index in [1.165, 1.54) is 7.11 Å². The molecule has 0 spiro atoms. The van der Waals surface area contributed by atoms with E-state index < -0.39 is 11.6 Å². The Morgan fingerprint density at radius 3 is 2.83 bits per heavy atom. The lowest BCUT2D eigenvalue weighted by atomic mass is 9.90. The molecule has 2 aliphatic rings. The minimum Gasteiger partial charge on any atom is -0.467 e. The maximum atomic E-state index is 13.9. The number of esters is 1. The summed E-state index contributed by atoms with van der Waals surface area (Å²) < 4.78 is 18.3. The number of alkyl halides is 1. The fourth-order valence-electron chi connectivity index (χ4n) is 2.20. The maximum absolute atomic E-state index is 13.9. The SMILES string of the molecule is COC(=O)C1(F)CC2C=CC1C2. The van der Waals surface area contributed by atoms with Gasteiger partial charge in [-0.1, -0.05) is 12.2 Å². The van der Waals surface area contributed by atoms with Crippen molar-refractivity contribution in [3.8, 4) is 0 Å². The van der Waals surface area contributed by atoms with Gasteiger partial charge in [-0.25, -0.2) is 9.18 Å². The van der Waals surface area contributed by atoms with Crippen molar-refractivity contribution in [1.82, 2.24) is 0 Å². The molecule has 1 saturated carbocycles. The van der Waals surface area contributed by atoms with E-state index in [4.69, 9.17) is 0 Å². The van der Waals surface area contributed by atoms with E-state index in [1.54, 1.807) is 6.08 Å². The highest BCUT2D eigenvalue weighted by Gasteiger charge is 2.55. The van der Waals surface area contributed by atoms with Crippen LogP contribution < -0.4 is 0 Å². The first-order valence-corrected chi connectivity index (χ1v) is 4.12. The lowest BCUT2D eigenvalue weighted by Gasteiger charge is -2.23. The van der Waals surface area contributed by atoms with Crippen LogP contribution in [0.2, 0.25) is 0 Å². The Morgan fingerprint density at radius 2 is 2.42 bits per heavy atom. The molecule has 12 heavy (non-hydrogen) atoms. The number of methoxy groups -OCH3 is 1. The Morgan fingerprint density at radius 1 is 1.67 bits per heavy atom. The van der Waals surface area contributed by atoms with Gasteiger partial charge in [0, 0.05) is 5.92 Å². The van der Waals surface area contributed by atoms with Crippen molar-refractivity contribution in [3.63, 3.8) is 0 Å². The van der Waals surface area contributed by atoms with Crippen LogP contribution in [-0.2, 0) is 9.53 Å². The highest BCUT2D eigenvalue weighted by molar-refractivity contribution is 5.81. The van der Waals surface area contributed by atoms with Crippen molar-refractivity contribution in [1.29, 1.82) is 0 Å². The summed E-state index contributed by atoms with van der Waals surface area (Å²) in [6.07, 6.45) is 4.86. The minimum atomic E-state index is -1.73. The van der Waals surface area contributed by atoms with Gasteiger partial charge in [-0.2, -0.15) is 0 Å². The Bertz CT molecular complexity index is 249. The van der Waals surface area contributed by atoms with Gasteiger partial charge in [0.25, 0.3) is 0 Å². The number of allylic oxidation sites excluding steroid dienone is 2. The largest absolute Gasteiger partial charge is 0.467 e. The molecule has 3 unspecified atom stereocenters. The van der Waals surface area contributed by atoms with Crippen LogP contribution in [0.1, 0.15) is 12.8 Å². The molecular weight excluding hydrogens is 159 g/mol. The van der Waals surface area contributed by atoms with Gasteiger partial charge < -0.3 is 4.74 Å². The van der Waals surface area contributed by atoms with Crippen LogP contribution >= 0.6 is 0 Å². The highest BCUT2D eigenvalue weighted by Crippen LogP contribution is 2.49. The summed E-state index contributed by atoms with van der Waals surface area (Å²) in [6.45, 7) is 0. The summed E-state index contributed by atoms with van der Waals surface area (Å²) in [6, 6.07) is 0. The second-order valence-electron chi connectivity index (χ2n) is 3.55. The molecule has 0 amide bonds. The van der Waals surface area contributed by atoms with Gasteiger partial charge in [0.1, 0.15) is 0 Å². The van der Waals surface area contributed by atoms with E-state index in [1.807, 2.05) is 6.08 Å². The Labute approximate surface area is 70.4 Å². The normalized spacial score (nSPS) is 43.5. The van der Waals surface area contributed by atoms with Crippen molar-refractivity contribution in [2.24, 2.45) is 11.8 Å². The minimum absolute atomic E-state index is 0.241. The molecule has 2 rings (SSSR count). The lowest BCUT2D eigenvalue weighted by molar-refractivity contribution is -0.156. The summed E-state index contributed by atoms with van der Waals surface area (Å²) in [5, 5.41) is 0. The van der Waals surface area contributed by atoms with Crippen molar-refractivity contribution >= 4 is 5.97 Å². The monoisotopic (exact) mass is 170 g/mol. The third-order valence-electron chi connectivity index (χ3n) is 2.84. The van der Waals surface area contributed by atoms with Crippen molar-refractivity contribution in [3.05, 3.63) is 12.2 Å². The fourth-order valence-corrected chi connectivity index (χ4v) is 2.20. The van der Waals surface area contributed by atoms with Crippen LogP contribution in [0.15, 0.2) is 12.2 Å². The molecule has 0 saturated heterocycles. The quantitative estimate of drug-likeness (QED) is 0.440. The second-order valence-corrected chi connectivity index (χ2v) is 3.55. The molecule has 0 aliphatic heterocycles. The van der Waals surface area contributed by atoms with Crippen molar-refractivity contribution in [2.45, 2.75) is 18.5 Å². The smallest absolute Gasteiger partial charge is 0.344 e. The van der Waals surface area contributed by atoms with Gasteiger partial charge in [0.05, 0.1) is 7.11 Å². The number of halogens is 1. The Hall–Kier alpha value is -0.860. The average Bonchev–Trinajstić information content (AvgIpc) is 2.62. The lowest BCUT2D eigenvalue weighted by Crippen LogP contribution is -2.38. The molecular formula is C9H11FO2. The summed E-state index contributed by atoms with van der Waals surface area (Å²) in [4.78, 5) is 11.1. The average molecular weight is 170 g/mol. The summed E-state index contributed by atoms with van der Waals surface area (Å²) in [5.74, 6) is -0.701. The number of carbonyl (C=O) groups is 1. The number of hydrogen-bond acceptors (Lipinski definition) is 2. The van der Waals surface area contributed by atoms with E-state index in [0.29, 0.717) is 6.42 Å². The van der Waals surface area contributed by atoms with Gasteiger partial charge in [-0.15, -0.1) is 0 Å². The first-order valence-electron chi connectivity index (χ1n) is 4.12. The molecule has 2 bridgehead atoms. The van der Waals surface area contributed by atoms with E-state index in [-0.39, 0.29) is 11.8 Å². The molecule has 0 N–H and O–H groups in total. The van der Waals surface area contributed by atoms with E-state index in [9.17, 15) is 9.18 Å². The number of ether oxygens (including phenoxy) is 1.